The van der Waals surface area contributed by atoms with Crippen LogP contribution in [0.15, 0.2) is 60.7 Å². The lowest BCUT2D eigenvalue weighted by atomic mass is 9.94. The molecule has 8 nitrogen and oxygen atoms in total. The van der Waals surface area contributed by atoms with E-state index in [-0.39, 0.29) is 17.7 Å². The van der Waals surface area contributed by atoms with Crippen LogP contribution in [0.5, 0.6) is 0 Å². The molecule has 0 atom stereocenters. The van der Waals surface area contributed by atoms with Gasteiger partial charge in [0.15, 0.2) is 5.82 Å². The molecule has 0 saturated heterocycles. The van der Waals surface area contributed by atoms with Gasteiger partial charge in [0.1, 0.15) is 4.83 Å². The number of nitrogens with one attached hydrogen (secondary N) is 4. The van der Waals surface area contributed by atoms with Crippen molar-refractivity contribution >= 4 is 50.8 Å². The molecular weight excluding hydrogens is 462 g/mol. The van der Waals surface area contributed by atoms with Crippen LogP contribution in [0.1, 0.15) is 53.3 Å². The molecule has 0 unspecified atom stereocenters. The summed E-state index contributed by atoms with van der Waals surface area (Å²) >= 11 is 1.26. The highest BCUT2D eigenvalue weighted by Gasteiger charge is 2.25. The number of amides is 3. The molecule has 4 aromatic rings. The van der Waals surface area contributed by atoms with Crippen LogP contribution < -0.4 is 16.0 Å². The fourth-order valence-electron chi connectivity index (χ4n) is 3.54. The van der Waals surface area contributed by atoms with E-state index in [2.05, 4.69) is 26.1 Å². The molecule has 0 aliphatic carbocycles. The molecule has 0 aliphatic heterocycles. The highest BCUT2D eigenvalue weighted by atomic mass is 32.1. The number of carbonyl (C=O) groups excluding carboxylic acids is 3. The quantitative estimate of drug-likeness (QED) is 0.288. The van der Waals surface area contributed by atoms with Crippen molar-refractivity contribution in [2.24, 2.45) is 5.92 Å². The normalized spacial score (nSPS) is 11.5. The Balaban J connectivity index is 1.53. The van der Waals surface area contributed by atoms with E-state index in [9.17, 15) is 14.4 Å². The Kier molecular flexibility index (Phi) is 6.70. The van der Waals surface area contributed by atoms with E-state index in [1.807, 2.05) is 44.2 Å². The number of benzene rings is 2. The van der Waals surface area contributed by atoms with E-state index < -0.39 is 11.4 Å². The van der Waals surface area contributed by atoms with Crippen LogP contribution in [-0.4, -0.2) is 27.9 Å². The van der Waals surface area contributed by atoms with Gasteiger partial charge in [-0.05, 0) is 37.6 Å². The van der Waals surface area contributed by atoms with Crippen LogP contribution in [0, 0.1) is 5.92 Å². The number of hydrogen-bond acceptors (Lipinski definition) is 5. The van der Waals surface area contributed by atoms with Gasteiger partial charge in [0.05, 0.1) is 27.1 Å². The fraction of sp³-hybridized carbons (Fsp3) is 0.231. The van der Waals surface area contributed by atoms with Crippen molar-refractivity contribution in [2.45, 2.75) is 33.2 Å². The molecule has 2 aromatic carbocycles. The van der Waals surface area contributed by atoms with Crippen molar-refractivity contribution in [1.82, 2.24) is 15.5 Å². The lowest BCUT2D eigenvalue weighted by molar-refractivity contribution is -0.118. The van der Waals surface area contributed by atoms with Crippen molar-refractivity contribution < 1.29 is 14.4 Å². The number of fused-ring (bicyclic) bond motifs is 1. The van der Waals surface area contributed by atoms with Crippen molar-refractivity contribution in [3.05, 3.63) is 76.7 Å². The Labute approximate surface area is 207 Å². The number of anilines is 2. The van der Waals surface area contributed by atoms with E-state index in [0.29, 0.717) is 32.2 Å². The molecule has 0 aliphatic rings. The summed E-state index contributed by atoms with van der Waals surface area (Å²) in [5.74, 6) is -0.723. The van der Waals surface area contributed by atoms with Crippen LogP contribution in [0.25, 0.3) is 10.2 Å². The zero-order chi connectivity index (χ0) is 25.2. The molecule has 0 bridgehead atoms. The Bertz CT molecular complexity index is 1390. The van der Waals surface area contributed by atoms with E-state index in [1.54, 1.807) is 44.2 Å². The van der Waals surface area contributed by atoms with Gasteiger partial charge in [-0.15, -0.1) is 11.3 Å². The maximum atomic E-state index is 13.0. The van der Waals surface area contributed by atoms with E-state index >= 15 is 0 Å². The second-order valence-electron chi connectivity index (χ2n) is 9.01. The van der Waals surface area contributed by atoms with Crippen LogP contribution in [0.2, 0.25) is 0 Å². The predicted octanol–water partition coefficient (Wildman–Crippen LogP) is 5.14. The molecule has 0 radical (unpaired) electrons. The van der Waals surface area contributed by atoms with Gasteiger partial charge in [0.2, 0.25) is 5.91 Å². The van der Waals surface area contributed by atoms with Crippen LogP contribution in [0.3, 0.4) is 0 Å². The van der Waals surface area contributed by atoms with Crippen LogP contribution >= 0.6 is 11.3 Å². The van der Waals surface area contributed by atoms with E-state index in [4.69, 9.17) is 0 Å². The van der Waals surface area contributed by atoms with E-state index in [1.165, 1.54) is 11.3 Å². The molecule has 4 N–H and O–H groups in total. The third-order valence-corrected chi connectivity index (χ3v) is 6.63. The van der Waals surface area contributed by atoms with Gasteiger partial charge < -0.3 is 16.0 Å². The molecule has 180 valence electrons. The highest BCUT2D eigenvalue weighted by molar-refractivity contribution is 7.20. The van der Waals surface area contributed by atoms with Crippen molar-refractivity contribution in [3.63, 3.8) is 0 Å². The highest BCUT2D eigenvalue weighted by Crippen LogP contribution is 2.31. The number of carbonyl (C=O) groups is 3. The lowest BCUT2D eigenvalue weighted by Crippen LogP contribution is -2.40. The van der Waals surface area contributed by atoms with Gasteiger partial charge in [-0.2, -0.15) is 5.10 Å². The SMILES string of the molecule is CC(C)C(=O)Nc1ccccc1C(=O)Nc1n[nH]c2sc(C(=O)NC(C)(C)c3ccccc3)cc12. The molecule has 0 saturated carbocycles. The monoisotopic (exact) mass is 489 g/mol. The first-order valence-corrected chi connectivity index (χ1v) is 12.0. The van der Waals surface area contributed by atoms with Crippen LogP contribution in [0.4, 0.5) is 11.5 Å². The fourth-order valence-corrected chi connectivity index (χ4v) is 4.44. The minimum atomic E-state index is -0.560. The number of aromatic amines is 1. The minimum absolute atomic E-state index is 0.181. The first-order valence-electron chi connectivity index (χ1n) is 11.2. The number of thiophene rings is 1. The molecular formula is C26H27N5O3S. The van der Waals surface area contributed by atoms with Gasteiger partial charge in [-0.25, -0.2) is 0 Å². The number of H-pyrrole nitrogens is 1. The molecule has 35 heavy (non-hydrogen) atoms. The van der Waals surface area contributed by atoms with Crippen molar-refractivity contribution in [2.75, 3.05) is 10.6 Å². The zero-order valence-electron chi connectivity index (χ0n) is 19.9. The molecule has 3 amide bonds. The number of aromatic nitrogens is 2. The number of para-hydroxylation sites is 1. The summed E-state index contributed by atoms with van der Waals surface area (Å²) in [7, 11) is 0. The smallest absolute Gasteiger partial charge is 0.262 e. The second-order valence-corrected chi connectivity index (χ2v) is 10.1. The first-order chi connectivity index (χ1) is 16.7. The van der Waals surface area contributed by atoms with Gasteiger partial charge in [-0.3, -0.25) is 19.5 Å². The molecule has 4 rings (SSSR count). The summed E-state index contributed by atoms with van der Waals surface area (Å²) in [5, 5.41) is 16.4. The minimum Gasteiger partial charge on any atom is -0.342 e. The Morgan fingerprint density at radius 3 is 2.34 bits per heavy atom. The average Bonchev–Trinajstić information content (AvgIpc) is 3.42. The summed E-state index contributed by atoms with van der Waals surface area (Å²) in [6.07, 6.45) is 0. The summed E-state index contributed by atoms with van der Waals surface area (Å²) in [4.78, 5) is 39.3. The Morgan fingerprint density at radius 1 is 0.943 bits per heavy atom. The Morgan fingerprint density at radius 2 is 1.63 bits per heavy atom. The maximum Gasteiger partial charge on any atom is 0.262 e. The molecule has 2 heterocycles. The summed E-state index contributed by atoms with van der Waals surface area (Å²) < 4.78 is 0. The summed E-state index contributed by atoms with van der Waals surface area (Å²) in [5.41, 5.74) is 1.17. The zero-order valence-corrected chi connectivity index (χ0v) is 20.7. The van der Waals surface area contributed by atoms with Gasteiger partial charge in [-0.1, -0.05) is 56.3 Å². The van der Waals surface area contributed by atoms with Gasteiger partial charge >= 0.3 is 0 Å². The van der Waals surface area contributed by atoms with Crippen molar-refractivity contribution in [3.8, 4) is 0 Å². The van der Waals surface area contributed by atoms with Gasteiger partial charge in [0.25, 0.3) is 11.8 Å². The largest absolute Gasteiger partial charge is 0.342 e. The summed E-state index contributed by atoms with van der Waals surface area (Å²) in [6.45, 7) is 7.46. The standard InChI is InChI=1S/C26H27N5O3S/c1-15(2)22(32)27-19-13-9-8-12-17(19)23(33)28-21-18-14-20(35-25(18)31-30-21)24(34)29-26(3,4)16-10-6-5-7-11-16/h5-15H,1-4H3,(H,27,32)(H,29,34)(H2,28,30,31,33). The molecule has 2 aromatic heterocycles. The second kappa shape index (κ2) is 9.71. The van der Waals surface area contributed by atoms with E-state index in [0.717, 1.165) is 5.56 Å². The third kappa shape index (κ3) is 5.25. The third-order valence-electron chi connectivity index (χ3n) is 5.59. The topological polar surface area (TPSA) is 116 Å². The number of nitrogens with zero attached hydrogens (tertiary/aromatic N) is 1. The maximum absolute atomic E-state index is 13.0. The predicted molar refractivity (Wildman–Crippen MR) is 139 cm³/mol. The molecule has 9 heteroatoms. The Hall–Kier alpha value is -3.98. The number of rotatable bonds is 7. The first kappa shape index (κ1) is 24.2. The van der Waals surface area contributed by atoms with Crippen LogP contribution in [-0.2, 0) is 10.3 Å². The van der Waals surface area contributed by atoms with Crippen molar-refractivity contribution in [1.29, 1.82) is 0 Å². The lowest BCUT2D eigenvalue weighted by Gasteiger charge is -2.26. The number of hydrogen-bond donors (Lipinski definition) is 4. The summed E-state index contributed by atoms with van der Waals surface area (Å²) in [6, 6.07) is 18.2. The molecule has 0 spiro atoms. The van der Waals surface area contributed by atoms with Gasteiger partial charge in [0, 0.05) is 5.92 Å². The molecule has 0 fully saturated rings. The average molecular weight is 490 g/mol.